The van der Waals surface area contributed by atoms with Crippen LogP contribution in [0.25, 0.3) is 33.7 Å². The van der Waals surface area contributed by atoms with Crippen LogP contribution < -0.4 is 0 Å². The van der Waals surface area contributed by atoms with Crippen molar-refractivity contribution >= 4 is 5.52 Å². The van der Waals surface area contributed by atoms with Crippen LogP contribution in [0.3, 0.4) is 0 Å². The fourth-order valence-electron chi connectivity index (χ4n) is 3.26. The van der Waals surface area contributed by atoms with Gasteiger partial charge in [0.15, 0.2) is 0 Å². The van der Waals surface area contributed by atoms with Gasteiger partial charge in [0.05, 0.1) is 5.52 Å². The van der Waals surface area contributed by atoms with Crippen LogP contribution in [0.2, 0.25) is 0 Å². The van der Waals surface area contributed by atoms with Crippen LogP contribution in [0.4, 0.5) is 4.39 Å². The van der Waals surface area contributed by atoms with Crippen LogP contribution in [0.1, 0.15) is 0 Å². The molecule has 5 nitrogen and oxygen atoms in total. The lowest BCUT2D eigenvalue weighted by Crippen LogP contribution is -2.00. The third-order valence-corrected chi connectivity index (χ3v) is 4.49. The molecule has 6 heteroatoms. The molecular formula is C21H14FN5. The van der Waals surface area contributed by atoms with Gasteiger partial charge in [-0.15, -0.1) is 0 Å². The molecule has 0 N–H and O–H groups in total. The second-order valence-electron chi connectivity index (χ2n) is 6.12. The Balaban J connectivity index is 1.85. The maximum absolute atomic E-state index is 13.4. The first-order valence-electron chi connectivity index (χ1n) is 8.48. The van der Waals surface area contributed by atoms with Crippen molar-refractivity contribution in [3.63, 3.8) is 0 Å². The Bertz CT molecular complexity index is 1210. The zero-order valence-corrected chi connectivity index (χ0v) is 14.2. The van der Waals surface area contributed by atoms with Gasteiger partial charge in [-0.3, -0.25) is 9.55 Å². The van der Waals surface area contributed by atoms with Gasteiger partial charge in [0.2, 0.25) is 0 Å². The molecule has 0 aliphatic carbocycles. The van der Waals surface area contributed by atoms with Crippen LogP contribution in [0.15, 0.2) is 85.7 Å². The van der Waals surface area contributed by atoms with Crippen LogP contribution in [-0.2, 0) is 0 Å². The predicted molar refractivity (Wildman–Crippen MR) is 101 cm³/mol. The third-order valence-electron chi connectivity index (χ3n) is 4.49. The van der Waals surface area contributed by atoms with Gasteiger partial charge in [-0.25, -0.2) is 13.9 Å². The molecular weight excluding hydrogens is 341 g/mol. The second-order valence-corrected chi connectivity index (χ2v) is 6.12. The number of rotatable bonds is 3. The van der Waals surface area contributed by atoms with E-state index >= 15 is 0 Å². The molecule has 130 valence electrons. The minimum absolute atomic E-state index is 0.271. The van der Waals surface area contributed by atoms with Crippen molar-refractivity contribution in [2.45, 2.75) is 0 Å². The van der Waals surface area contributed by atoms with Crippen LogP contribution in [0.5, 0.6) is 0 Å². The summed E-state index contributed by atoms with van der Waals surface area (Å²) in [5.41, 5.74) is 4.57. The number of fused-ring (bicyclic) bond motifs is 1. The molecule has 0 spiro atoms. The van der Waals surface area contributed by atoms with Crippen molar-refractivity contribution in [1.82, 2.24) is 24.1 Å². The van der Waals surface area contributed by atoms with Gasteiger partial charge >= 0.3 is 0 Å². The highest BCUT2D eigenvalue weighted by atomic mass is 19.1. The molecule has 1 aromatic carbocycles. The van der Waals surface area contributed by atoms with Crippen LogP contribution in [-0.4, -0.2) is 24.1 Å². The molecule has 0 fully saturated rings. The smallest absolute Gasteiger partial charge is 0.140 e. The minimum atomic E-state index is -0.271. The Morgan fingerprint density at radius 1 is 0.778 bits per heavy atom. The number of hydrogen-bond acceptors (Lipinski definition) is 3. The number of nitrogens with zero attached hydrogens (tertiary/aromatic N) is 5. The first kappa shape index (κ1) is 15.5. The van der Waals surface area contributed by atoms with E-state index in [0.717, 1.165) is 33.7 Å². The topological polar surface area (TPSA) is 48.0 Å². The van der Waals surface area contributed by atoms with E-state index < -0.39 is 0 Å². The number of pyridine rings is 2. The van der Waals surface area contributed by atoms with Gasteiger partial charge in [0.25, 0.3) is 0 Å². The zero-order chi connectivity index (χ0) is 18.2. The Kier molecular flexibility index (Phi) is 3.53. The van der Waals surface area contributed by atoms with E-state index in [-0.39, 0.29) is 5.82 Å². The molecule has 0 saturated heterocycles. The molecule has 0 bridgehead atoms. The lowest BCUT2D eigenvalue weighted by Gasteiger charge is -2.06. The van der Waals surface area contributed by atoms with E-state index in [1.165, 1.54) is 12.1 Å². The summed E-state index contributed by atoms with van der Waals surface area (Å²) in [7, 11) is 0. The van der Waals surface area contributed by atoms with E-state index in [2.05, 4.69) is 9.97 Å². The fraction of sp³-hybridized carbons (Fsp3) is 0. The molecule has 0 saturated carbocycles. The molecule has 5 rings (SSSR count). The van der Waals surface area contributed by atoms with E-state index in [0.29, 0.717) is 0 Å². The van der Waals surface area contributed by atoms with E-state index in [1.54, 1.807) is 37.1 Å². The molecule has 0 amide bonds. The second kappa shape index (κ2) is 6.17. The highest BCUT2D eigenvalue weighted by molar-refractivity contribution is 5.92. The van der Waals surface area contributed by atoms with Crippen molar-refractivity contribution in [2.75, 3.05) is 0 Å². The average molecular weight is 355 g/mol. The quantitative estimate of drug-likeness (QED) is 0.482. The molecule has 27 heavy (non-hydrogen) atoms. The molecule has 0 unspecified atom stereocenters. The largest absolute Gasteiger partial charge is 0.290 e. The van der Waals surface area contributed by atoms with Crippen molar-refractivity contribution in [3.05, 3.63) is 91.5 Å². The first-order valence-corrected chi connectivity index (χ1v) is 8.48. The summed E-state index contributed by atoms with van der Waals surface area (Å²) in [5, 5.41) is 4.87. The van der Waals surface area contributed by atoms with Gasteiger partial charge in [0.1, 0.15) is 23.7 Å². The van der Waals surface area contributed by atoms with Crippen LogP contribution >= 0.6 is 0 Å². The average Bonchev–Trinajstić information content (AvgIpc) is 3.37. The summed E-state index contributed by atoms with van der Waals surface area (Å²) < 4.78 is 17.2. The summed E-state index contributed by atoms with van der Waals surface area (Å²) in [4.78, 5) is 8.25. The third kappa shape index (κ3) is 2.58. The summed E-state index contributed by atoms with van der Waals surface area (Å²) in [6, 6.07) is 16.3. The monoisotopic (exact) mass is 355 g/mol. The minimum Gasteiger partial charge on any atom is -0.290 e. The maximum Gasteiger partial charge on any atom is 0.140 e. The summed E-state index contributed by atoms with van der Waals surface area (Å²) in [6.45, 7) is 0. The van der Waals surface area contributed by atoms with Crippen LogP contribution in [0, 0.1) is 5.82 Å². The van der Waals surface area contributed by atoms with Gasteiger partial charge in [-0.1, -0.05) is 6.07 Å². The van der Waals surface area contributed by atoms with E-state index in [1.807, 2.05) is 45.6 Å². The fourth-order valence-corrected chi connectivity index (χ4v) is 3.26. The Hall–Kier alpha value is -3.80. The van der Waals surface area contributed by atoms with E-state index in [4.69, 9.17) is 5.10 Å². The standard InChI is InChI=1S/C21H14FN5/c22-17-6-4-16(5-7-17)21-20(15-8-10-23-11-9-15)18-2-1-3-19(27(18)25-21)26-13-12-24-14-26/h1-14H. The van der Waals surface area contributed by atoms with Crippen molar-refractivity contribution in [1.29, 1.82) is 0 Å². The highest BCUT2D eigenvalue weighted by Crippen LogP contribution is 2.35. The number of hydrogen-bond donors (Lipinski definition) is 0. The number of aromatic nitrogens is 5. The Morgan fingerprint density at radius 2 is 1.59 bits per heavy atom. The summed E-state index contributed by atoms with van der Waals surface area (Å²) in [5.74, 6) is 0.598. The Labute approximate surface area is 154 Å². The SMILES string of the molecule is Fc1ccc(-c2nn3c(-n4ccnc4)cccc3c2-c2ccncc2)cc1. The molecule has 0 aliphatic rings. The lowest BCUT2D eigenvalue weighted by molar-refractivity contribution is 0.628. The van der Waals surface area contributed by atoms with Gasteiger partial charge in [-0.05, 0) is 54.1 Å². The normalized spacial score (nSPS) is 11.1. The van der Waals surface area contributed by atoms with Gasteiger partial charge in [0, 0.05) is 35.9 Å². The van der Waals surface area contributed by atoms with Crippen molar-refractivity contribution in [3.8, 4) is 28.2 Å². The number of benzene rings is 1. The van der Waals surface area contributed by atoms with Crippen molar-refractivity contribution < 1.29 is 4.39 Å². The van der Waals surface area contributed by atoms with Crippen molar-refractivity contribution in [2.24, 2.45) is 0 Å². The highest BCUT2D eigenvalue weighted by Gasteiger charge is 2.18. The zero-order valence-electron chi connectivity index (χ0n) is 14.2. The number of imidazole rings is 1. The molecule has 0 aliphatic heterocycles. The Morgan fingerprint density at radius 3 is 2.33 bits per heavy atom. The van der Waals surface area contributed by atoms with Gasteiger partial charge in [-0.2, -0.15) is 5.10 Å². The molecule has 4 heterocycles. The number of halogens is 1. The van der Waals surface area contributed by atoms with E-state index in [9.17, 15) is 4.39 Å². The molecule has 0 atom stereocenters. The lowest BCUT2D eigenvalue weighted by atomic mass is 10.0. The predicted octanol–water partition coefficient (Wildman–Crippen LogP) is 4.39. The summed E-state index contributed by atoms with van der Waals surface area (Å²) in [6.07, 6.45) is 8.85. The molecule has 5 aromatic rings. The summed E-state index contributed by atoms with van der Waals surface area (Å²) >= 11 is 0. The van der Waals surface area contributed by atoms with Gasteiger partial charge < -0.3 is 0 Å². The molecule has 4 aromatic heterocycles. The first-order chi connectivity index (χ1) is 13.3. The molecule has 0 radical (unpaired) electrons. The maximum atomic E-state index is 13.4.